The van der Waals surface area contributed by atoms with Crippen molar-refractivity contribution in [3.8, 4) is 0 Å². The molecule has 0 aromatic carbocycles. The summed E-state index contributed by atoms with van der Waals surface area (Å²) in [6, 6.07) is 1.65. The van der Waals surface area contributed by atoms with Crippen molar-refractivity contribution in [2.24, 2.45) is 0 Å². The summed E-state index contributed by atoms with van der Waals surface area (Å²) in [7, 11) is 0. The Hall–Kier alpha value is -1.29. The van der Waals surface area contributed by atoms with Crippen LogP contribution in [0.4, 0.5) is 0 Å². The summed E-state index contributed by atoms with van der Waals surface area (Å²) in [5, 5.41) is 12.3. The predicted molar refractivity (Wildman–Crippen MR) is 51.9 cm³/mol. The van der Waals surface area contributed by atoms with Crippen molar-refractivity contribution in [2.45, 2.75) is 31.4 Å². The second kappa shape index (κ2) is 3.84. The van der Waals surface area contributed by atoms with Crippen molar-refractivity contribution < 1.29 is 9.90 Å². The fourth-order valence-corrected chi connectivity index (χ4v) is 1.83. The lowest BCUT2D eigenvalue weighted by Crippen LogP contribution is -2.39. The van der Waals surface area contributed by atoms with Crippen molar-refractivity contribution in [3.05, 3.63) is 24.0 Å². The number of hydrogen-bond acceptors (Lipinski definition) is 2. The summed E-state index contributed by atoms with van der Waals surface area (Å²) in [5.41, 5.74) is 0.615. The first-order chi connectivity index (χ1) is 6.77. The molecule has 2 atom stereocenters. The number of hydrogen-bond donors (Lipinski definition) is 3. The van der Waals surface area contributed by atoms with Gasteiger partial charge >= 0.3 is 0 Å². The maximum Gasteiger partial charge on any atom is 0.253 e. The third kappa shape index (κ3) is 1.80. The SMILES string of the molecule is O=C(NC1CCCC1O)c1cc[nH]c1. The van der Waals surface area contributed by atoms with Crippen LogP contribution in [0.5, 0.6) is 0 Å². The fourth-order valence-electron chi connectivity index (χ4n) is 1.83. The standard InChI is InChI=1S/C10H14N2O2/c13-9-3-1-2-8(9)12-10(14)7-4-5-11-6-7/h4-6,8-9,11,13H,1-3H2,(H,12,14). The highest BCUT2D eigenvalue weighted by Crippen LogP contribution is 2.19. The van der Waals surface area contributed by atoms with E-state index >= 15 is 0 Å². The van der Waals surface area contributed by atoms with E-state index in [0.717, 1.165) is 19.3 Å². The van der Waals surface area contributed by atoms with Gasteiger partial charge in [0, 0.05) is 12.4 Å². The number of carbonyl (C=O) groups excluding carboxylic acids is 1. The van der Waals surface area contributed by atoms with Crippen LogP contribution < -0.4 is 5.32 Å². The lowest BCUT2D eigenvalue weighted by atomic mass is 10.2. The Balaban J connectivity index is 1.95. The first kappa shape index (κ1) is 9.27. The summed E-state index contributed by atoms with van der Waals surface area (Å²) >= 11 is 0. The van der Waals surface area contributed by atoms with Gasteiger partial charge in [0.1, 0.15) is 0 Å². The molecule has 0 saturated heterocycles. The van der Waals surface area contributed by atoms with Crippen LogP contribution in [0.3, 0.4) is 0 Å². The van der Waals surface area contributed by atoms with Gasteiger partial charge in [-0.05, 0) is 25.3 Å². The maximum atomic E-state index is 11.6. The largest absolute Gasteiger partial charge is 0.391 e. The van der Waals surface area contributed by atoms with E-state index in [9.17, 15) is 9.90 Å². The topological polar surface area (TPSA) is 65.1 Å². The molecule has 2 unspecified atom stereocenters. The molecule has 1 aromatic rings. The minimum Gasteiger partial charge on any atom is -0.391 e. The van der Waals surface area contributed by atoms with E-state index in [1.807, 2.05) is 0 Å². The second-order valence-electron chi connectivity index (χ2n) is 3.68. The average Bonchev–Trinajstić information content (AvgIpc) is 2.77. The molecule has 0 bridgehead atoms. The van der Waals surface area contributed by atoms with Gasteiger partial charge in [-0.2, -0.15) is 0 Å². The Bertz CT molecular complexity index is 308. The summed E-state index contributed by atoms with van der Waals surface area (Å²) < 4.78 is 0. The number of aliphatic hydroxyl groups excluding tert-OH is 1. The monoisotopic (exact) mass is 194 g/mol. The molecule has 0 spiro atoms. The van der Waals surface area contributed by atoms with E-state index in [-0.39, 0.29) is 18.1 Å². The molecule has 0 aliphatic heterocycles. The zero-order valence-electron chi connectivity index (χ0n) is 7.86. The maximum absolute atomic E-state index is 11.6. The van der Waals surface area contributed by atoms with Crippen molar-refractivity contribution >= 4 is 5.91 Å². The Morgan fingerprint density at radius 1 is 1.57 bits per heavy atom. The van der Waals surface area contributed by atoms with Crippen LogP contribution in [0.25, 0.3) is 0 Å². The van der Waals surface area contributed by atoms with Gasteiger partial charge in [0.25, 0.3) is 5.91 Å². The third-order valence-corrected chi connectivity index (χ3v) is 2.66. The van der Waals surface area contributed by atoms with Gasteiger partial charge in [0.15, 0.2) is 0 Å². The second-order valence-corrected chi connectivity index (χ2v) is 3.68. The van der Waals surface area contributed by atoms with Gasteiger partial charge in [-0.15, -0.1) is 0 Å². The Morgan fingerprint density at radius 3 is 3.00 bits per heavy atom. The molecule has 1 heterocycles. The minimum absolute atomic E-state index is 0.0719. The van der Waals surface area contributed by atoms with Crippen molar-refractivity contribution in [2.75, 3.05) is 0 Å². The van der Waals surface area contributed by atoms with Crippen LogP contribution in [0.1, 0.15) is 29.6 Å². The van der Waals surface area contributed by atoms with Crippen LogP contribution in [-0.2, 0) is 0 Å². The van der Waals surface area contributed by atoms with Gasteiger partial charge in [0.05, 0.1) is 17.7 Å². The highest BCUT2D eigenvalue weighted by molar-refractivity contribution is 5.94. The molecular formula is C10H14N2O2. The number of H-pyrrole nitrogens is 1. The molecular weight excluding hydrogens is 180 g/mol. The van der Waals surface area contributed by atoms with Crippen molar-refractivity contribution in [3.63, 3.8) is 0 Å². The number of amides is 1. The molecule has 1 aliphatic rings. The Morgan fingerprint density at radius 2 is 2.43 bits per heavy atom. The van der Waals surface area contributed by atoms with E-state index in [2.05, 4.69) is 10.3 Å². The third-order valence-electron chi connectivity index (χ3n) is 2.66. The normalized spacial score (nSPS) is 26.4. The summed E-state index contributed by atoms with van der Waals surface area (Å²) in [6.07, 6.45) is 5.63. The Kier molecular flexibility index (Phi) is 2.54. The van der Waals surface area contributed by atoms with Gasteiger partial charge in [-0.25, -0.2) is 0 Å². The van der Waals surface area contributed by atoms with Crippen molar-refractivity contribution in [1.82, 2.24) is 10.3 Å². The molecule has 76 valence electrons. The molecule has 1 fully saturated rings. The molecule has 1 aromatic heterocycles. The minimum atomic E-state index is -0.377. The van der Waals surface area contributed by atoms with E-state index in [1.165, 1.54) is 0 Å². The molecule has 2 rings (SSSR count). The van der Waals surface area contributed by atoms with Gasteiger partial charge in [-0.1, -0.05) is 0 Å². The summed E-state index contributed by atoms with van der Waals surface area (Å²) in [6.45, 7) is 0. The Labute approximate surface area is 82.3 Å². The molecule has 3 N–H and O–H groups in total. The summed E-state index contributed by atoms with van der Waals surface area (Å²) in [5.74, 6) is -0.114. The van der Waals surface area contributed by atoms with Crippen molar-refractivity contribution in [1.29, 1.82) is 0 Å². The predicted octanol–water partition coefficient (Wildman–Crippen LogP) is 0.658. The van der Waals surface area contributed by atoms with Crippen LogP contribution in [0, 0.1) is 0 Å². The number of rotatable bonds is 2. The van der Waals surface area contributed by atoms with Gasteiger partial charge < -0.3 is 15.4 Å². The van der Waals surface area contributed by atoms with Crippen LogP contribution in [0.15, 0.2) is 18.5 Å². The molecule has 4 nitrogen and oxygen atoms in total. The zero-order valence-corrected chi connectivity index (χ0v) is 7.86. The first-order valence-electron chi connectivity index (χ1n) is 4.89. The van der Waals surface area contributed by atoms with E-state index in [4.69, 9.17) is 0 Å². The summed E-state index contributed by atoms with van der Waals surface area (Å²) in [4.78, 5) is 14.4. The lowest BCUT2D eigenvalue weighted by molar-refractivity contribution is 0.0873. The average molecular weight is 194 g/mol. The zero-order chi connectivity index (χ0) is 9.97. The number of aliphatic hydroxyl groups is 1. The molecule has 0 radical (unpaired) electrons. The number of carbonyl (C=O) groups is 1. The van der Waals surface area contributed by atoms with Crippen LogP contribution in [0.2, 0.25) is 0 Å². The van der Waals surface area contributed by atoms with E-state index in [0.29, 0.717) is 5.56 Å². The first-order valence-corrected chi connectivity index (χ1v) is 4.89. The molecule has 4 heteroatoms. The van der Waals surface area contributed by atoms with E-state index in [1.54, 1.807) is 18.5 Å². The lowest BCUT2D eigenvalue weighted by Gasteiger charge is -2.15. The number of nitrogens with one attached hydrogen (secondary N) is 2. The smallest absolute Gasteiger partial charge is 0.253 e. The molecule has 1 amide bonds. The van der Waals surface area contributed by atoms with Crippen LogP contribution in [-0.4, -0.2) is 28.1 Å². The van der Waals surface area contributed by atoms with Gasteiger partial charge in [0.2, 0.25) is 0 Å². The van der Waals surface area contributed by atoms with Crippen LogP contribution >= 0.6 is 0 Å². The molecule has 1 saturated carbocycles. The number of aromatic amines is 1. The number of aromatic nitrogens is 1. The van der Waals surface area contributed by atoms with Gasteiger partial charge in [-0.3, -0.25) is 4.79 Å². The van der Waals surface area contributed by atoms with E-state index < -0.39 is 0 Å². The molecule has 14 heavy (non-hydrogen) atoms. The fraction of sp³-hybridized carbons (Fsp3) is 0.500. The molecule has 1 aliphatic carbocycles. The highest BCUT2D eigenvalue weighted by Gasteiger charge is 2.26. The highest BCUT2D eigenvalue weighted by atomic mass is 16.3. The quantitative estimate of drug-likeness (QED) is 0.647.